The molecule has 166 valence electrons. The predicted octanol–water partition coefficient (Wildman–Crippen LogP) is 4.69. The smallest absolute Gasteiger partial charge is 0.276 e. The lowest BCUT2D eigenvalue weighted by Gasteiger charge is -2.28. The molecule has 6 nitrogen and oxygen atoms in total. The van der Waals surface area contributed by atoms with E-state index in [1.807, 2.05) is 60.7 Å². The summed E-state index contributed by atoms with van der Waals surface area (Å²) in [6.45, 7) is 2.45. The molecule has 1 N–H and O–H groups in total. The molecule has 0 aliphatic carbocycles. The summed E-state index contributed by atoms with van der Waals surface area (Å²) in [5.74, 6) is -0.335. The molecule has 0 saturated carbocycles. The topological polar surface area (TPSA) is 67.2 Å². The highest BCUT2D eigenvalue weighted by Crippen LogP contribution is 2.22. The minimum Gasteiger partial charge on any atom is -0.372 e. The van der Waals surface area contributed by atoms with Crippen LogP contribution < -0.4 is 15.8 Å². The fourth-order valence-corrected chi connectivity index (χ4v) is 4.36. The van der Waals surface area contributed by atoms with E-state index >= 15 is 0 Å². The number of nitrogens with one attached hydrogen (secondary N) is 1. The maximum atomic E-state index is 13.2. The fraction of sp³-hybridized carbons (Fsp3) is 0.222. The maximum absolute atomic E-state index is 13.2. The summed E-state index contributed by atoms with van der Waals surface area (Å²) in [6.07, 6.45) is 3.73. The van der Waals surface area contributed by atoms with Crippen molar-refractivity contribution in [1.82, 2.24) is 9.78 Å². The van der Waals surface area contributed by atoms with Gasteiger partial charge in [0.2, 0.25) is 0 Å². The largest absolute Gasteiger partial charge is 0.372 e. The summed E-state index contributed by atoms with van der Waals surface area (Å²) < 4.78 is 1.37. The molecular weight excluding hydrogens is 412 g/mol. The second-order valence-electron chi connectivity index (χ2n) is 8.39. The summed E-state index contributed by atoms with van der Waals surface area (Å²) in [4.78, 5) is 28.6. The Morgan fingerprint density at radius 1 is 0.818 bits per heavy atom. The van der Waals surface area contributed by atoms with E-state index < -0.39 is 0 Å². The summed E-state index contributed by atoms with van der Waals surface area (Å²) >= 11 is 0. The van der Waals surface area contributed by atoms with E-state index in [4.69, 9.17) is 0 Å². The van der Waals surface area contributed by atoms with Crippen LogP contribution in [0.4, 0.5) is 11.4 Å². The van der Waals surface area contributed by atoms with Crippen molar-refractivity contribution in [3.05, 3.63) is 100 Å². The summed E-state index contributed by atoms with van der Waals surface area (Å²) in [5, 5.41) is 8.45. The monoisotopic (exact) mass is 438 g/mol. The lowest BCUT2D eigenvalue weighted by atomic mass is 10.1. The molecule has 5 rings (SSSR count). The van der Waals surface area contributed by atoms with Crippen LogP contribution in [-0.4, -0.2) is 28.8 Å². The summed E-state index contributed by atoms with van der Waals surface area (Å²) in [7, 11) is 0. The molecule has 0 spiro atoms. The Bertz CT molecular complexity index is 1320. The molecule has 1 fully saturated rings. The normalized spacial score (nSPS) is 13.8. The van der Waals surface area contributed by atoms with Crippen LogP contribution >= 0.6 is 0 Å². The molecule has 6 heteroatoms. The van der Waals surface area contributed by atoms with E-state index in [9.17, 15) is 9.59 Å². The second kappa shape index (κ2) is 9.28. The number of piperidine rings is 1. The third-order valence-corrected chi connectivity index (χ3v) is 6.10. The molecule has 4 aromatic rings. The van der Waals surface area contributed by atoms with Gasteiger partial charge in [-0.1, -0.05) is 48.5 Å². The van der Waals surface area contributed by atoms with Gasteiger partial charge in [0.15, 0.2) is 5.69 Å². The average molecular weight is 439 g/mol. The first-order valence-corrected chi connectivity index (χ1v) is 11.4. The Kier molecular flexibility index (Phi) is 5.89. The van der Waals surface area contributed by atoms with Crippen molar-refractivity contribution in [2.45, 2.75) is 25.8 Å². The van der Waals surface area contributed by atoms with Gasteiger partial charge in [-0.05, 0) is 55.2 Å². The van der Waals surface area contributed by atoms with Gasteiger partial charge in [0.1, 0.15) is 0 Å². The highest BCUT2D eigenvalue weighted by atomic mass is 16.2. The van der Waals surface area contributed by atoms with Gasteiger partial charge < -0.3 is 10.2 Å². The zero-order valence-electron chi connectivity index (χ0n) is 18.4. The van der Waals surface area contributed by atoms with Crippen LogP contribution in [0.15, 0.2) is 83.7 Å². The summed E-state index contributed by atoms with van der Waals surface area (Å²) in [6, 6.07) is 24.7. The predicted molar refractivity (Wildman–Crippen MR) is 132 cm³/mol. The number of nitrogens with zero attached hydrogens (tertiary/aromatic N) is 3. The number of aromatic nitrogens is 2. The first-order valence-electron chi connectivity index (χ1n) is 11.4. The first-order chi connectivity index (χ1) is 16.2. The number of benzene rings is 3. The van der Waals surface area contributed by atoms with Crippen LogP contribution in [0.25, 0.3) is 10.8 Å². The molecule has 1 aliphatic rings. The quantitative estimate of drug-likeness (QED) is 0.491. The Balaban J connectivity index is 1.44. The van der Waals surface area contributed by atoms with Gasteiger partial charge in [-0.15, -0.1) is 0 Å². The molecule has 1 amide bonds. The molecule has 2 heterocycles. The zero-order valence-corrected chi connectivity index (χ0v) is 18.4. The molecule has 0 unspecified atom stereocenters. The Labute approximate surface area is 192 Å². The van der Waals surface area contributed by atoms with Crippen LogP contribution in [0.2, 0.25) is 0 Å². The zero-order chi connectivity index (χ0) is 22.6. The van der Waals surface area contributed by atoms with Crippen LogP contribution in [-0.2, 0) is 6.54 Å². The standard InChI is InChI=1S/C27H26N4O2/c32-26(28-21-13-15-22(16-14-21)30-17-7-2-8-18-30)25-23-11-5-6-12-24(23)27(33)31(29-25)19-20-9-3-1-4-10-20/h1,3-6,9-16H,2,7-8,17-19H2,(H,28,32). The Hall–Kier alpha value is -3.93. The SMILES string of the molecule is O=C(Nc1ccc(N2CCCCC2)cc1)c1nn(Cc2ccccc2)c(=O)c2ccccc12. The fourth-order valence-electron chi connectivity index (χ4n) is 4.36. The highest BCUT2D eigenvalue weighted by Gasteiger charge is 2.17. The number of carbonyl (C=O) groups excluding carboxylic acids is 1. The summed E-state index contributed by atoms with van der Waals surface area (Å²) in [5.41, 5.74) is 2.85. The number of amides is 1. The Morgan fingerprint density at radius 2 is 1.48 bits per heavy atom. The van der Waals surface area contributed by atoms with Crippen LogP contribution in [0, 0.1) is 0 Å². The molecule has 3 aromatic carbocycles. The van der Waals surface area contributed by atoms with E-state index in [0.29, 0.717) is 23.0 Å². The lowest BCUT2D eigenvalue weighted by molar-refractivity contribution is 0.102. The number of hydrogen-bond donors (Lipinski definition) is 1. The number of fused-ring (bicyclic) bond motifs is 1. The van der Waals surface area contributed by atoms with Gasteiger partial charge in [0.25, 0.3) is 11.5 Å². The molecule has 0 bridgehead atoms. The van der Waals surface area contributed by atoms with E-state index in [0.717, 1.165) is 18.7 Å². The molecule has 1 saturated heterocycles. The number of rotatable bonds is 5. The van der Waals surface area contributed by atoms with Crippen molar-refractivity contribution in [2.75, 3.05) is 23.3 Å². The van der Waals surface area contributed by atoms with Crippen molar-refractivity contribution in [2.24, 2.45) is 0 Å². The van der Waals surface area contributed by atoms with E-state index in [1.54, 1.807) is 18.2 Å². The molecule has 0 atom stereocenters. The van der Waals surface area contributed by atoms with Crippen LogP contribution in [0.3, 0.4) is 0 Å². The van der Waals surface area contributed by atoms with Crippen molar-refractivity contribution < 1.29 is 4.79 Å². The maximum Gasteiger partial charge on any atom is 0.276 e. The third-order valence-electron chi connectivity index (χ3n) is 6.10. The van der Waals surface area contributed by atoms with Gasteiger partial charge in [-0.3, -0.25) is 9.59 Å². The molecule has 1 aliphatic heterocycles. The Morgan fingerprint density at radius 3 is 2.21 bits per heavy atom. The van der Waals surface area contributed by atoms with Crippen molar-refractivity contribution >= 4 is 28.1 Å². The van der Waals surface area contributed by atoms with Gasteiger partial charge in [-0.2, -0.15) is 5.10 Å². The second-order valence-corrected chi connectivity index (χ2v) is 8.39. The van der Waals surface area contributed by atoms with E-state index in [1.165, 1.54) is 29.6 Å². The average Bonchev–Trinajstić information content (AvgIpc) is 2.87. The van der Waals surface area contributed by atoms with E-state index in [-0.39, 0.29) is 17.2 Å². The first kappa shape index (κ1) is 20.9. The molecule has 0 radical (unpaired) electrons. The lowest BCUT2D eigenvalue weighted by Crippen LogP contribution is -2.29. The minimum absolute atomic E-state index is 0.211. The third kappa shape index (κ3) is 4.51. The molecule has 33 heavy (non-hydrogen) atoms. The molecule has 1 aromatic heterocycles. The number of anilines is 2. The van der Waals surface area contributed by atoms with Crippen molar-refractivity contribution in [3.8, 4) is 0 Å². The van der Waals surface area contributed by atoms with Crippen LogP contribution in [0.5, 0.6) is 0 Å². The van der Waals surface area contributed by atoms with Gasteiger partial charge in [-0.25, -0.2) is 4.68 Å². The highest BCUT2D eigenvalue weighted by molar-refractivity contribution is 6.11. The van der Waals surface area contributed by atoms with Gasteiger partial charge >= 0.3 is 0 Å². The number of hydrogen-bond acceptors (Lipinski definition) is 4. The van der Waals surface area contributed by atoms with E-state index in [2.05, 4.69) is 15.3 Å². The minimum atomic E-state index is -0.335. The van der Waals surface area contributed by atoms with Crippen molar-refractivity contribution in [3.63, 3.8) is 0 Å². The van der Waals surface area contributed by atoms with Gasteiger partial charge in [0, 0.05) is 29.9 Å². The van der Waals surface area contributed by atoms with Crippen molar-refractivity contribution in [1.29, 1.82) is 0 Å². The number of carbonyl (C=O) groups is 1. The molecular formula is C27H26N4O2. The van der Waals surface area contributed by atoms with Crippen LogP contribution in [0.1, 0.15) is 35.3 Å². The van der Waals surface area contributed by atoms with Gasteiger partial charge in [0.05, 0.1) is 11.9 Å².